The summed E-state index contributed by atoms with van der Waals surface area (Å²) in [6.45, 7) is 6.42. The zero-order valence-electron chi connectivity index (χ0n) is 27.0. The second-order valence-corrected chi connectivity index (χ2v) is 11.8. The average Bonchev–Trinajstić information content (AvgIpc) is 3.40. The molecule has 1 atom stereocenters. The van der Waals surface area contributed by atoms with Crippen molar-refractivity contribution in [2.75, 3.05) is 13.1 Å². The number of carbonyl (C=O) groups excluding carboxylic acids is 2. The van der Waals surface area contributed by atoms with Gasteiger partial charge in [-0.05, 0) is 63.0 Å². The summed E-state index contributed by atoms with van der Waals surface area (Å²) in [6.07, 6.45) is 16.6. The maximum atomic E-state index is 13.0. The standard InChI is InChI=1S/C35H50F3N3O4/c1-4-14-29(33(45)39-23-22-32(43)44)16-9-8-12-24-41(26-42)34(3,30-18-10-6-7-11-19-30)40-31(5-2)28-17-13-15-27(20-21-28)25-35(36,37)38/h9,13-17,20,26,30H,4-8,10-12,18-19,21-25H2,1-3H3,(H,39,45)(H,43,44)/b16-9-,29-14+,40-31+. The predicted octanol–water partition coefficient (Wildman–Crippen LogP) is 8.01. The van der Waals surface area contributed by atoms with Gasteiger partial charge >= 0.3 is 12.1 Å². The van der Waals surface area contributed by atoms with Crippen molar-refractivity contribution in [2.24, 2.45) is 10.9 Å². The maximum Gasteiger partial charge on any atom is 0.393 e. The molecule has 0 spiro atoms. The minimum absolute atomic E-state index is 0.0512. The molecular weight excluding hydrogens is 583 g/mol. The smallest absolute Gasteiger partial charge is 0.393 e. The summed E-state index contributed by atoms with van der Waals surface area (Å²) in [5, 5.41) is 11.4. The van der Waals surface area contributed by atoms with Crippen molar-refractivity contribution in [3.8, 4) is 0 Å². The molecule has 0 radical (unpaired) electrons. The molecule has 0 saturated heterocycles. The fourth-order valence-corrected chi connectivity index (χ4v) is 5.93. The SMILES string of the molecule is CC/C=C(\C=C/CCCN(C=O)C(C)(/N=C(\CC)C1=CC=CC(CC(F)(F)F)=CC1)C1CCCCCC1)C(=O)NCCC(=O)O. The molecule has 0 aromatic carbocycles. The molecule has 1 saturated carbocycles. The molecule has 7 nitrogen and oxygen atoms in total. The third kappa shape index (κ3) is 13.2. The van der Waals surface area contributed by atoms with Gasteiger partial charge in [0.1, 0.15) is 5.66 Å². The Kier molecular flexibility index (Phi) is 16.1. The monoisotopic (exact) mass is 633 g/mol. The molecule has 1 unspecified atom stereocenters. The van der Waals surface area contributed by atoms with E-state index in [4.69, 9.17) is 10.1 Å². The van der Waals surface area contributed by atoms with Crippen molar-refractivity contribution in [2.45, 2.75) is 116 Å². The van der Waals surface area contributed by atoms with Crippen LogP contribution in [-0.4, -0.2) is 58.9 Å². The molecule has 0 heterocycles. The van der Waals surface area contributed by atoms with E-state index in [0.717, 1.165) is 56.2 Å². The van der Waals surface area contributed by atoms with Gasteiger partial charge in [0, 0.05) is 30.3 Å². The van der Waals surface area contributed by atoms with E-state index in [0.29, 0.717) is 44.2 Å². The molecule has 0 aliphatic heterocycles. The highest BCUT2D eigenvalue weighted by molar-refractivity contribution is 6.01. The average molecular weight is 634 g/mol. The summed E-state index contributed by atoms with van der Waals surface area (Å²) in [4.78, 5) is 42.9. The quantitative estimate of drug-likeness (QED) is 0.0423. The van der Waals surface area contributed by atoms with Gasteiger partial charge in [-0.1, -0.05) is 82.1 Å². The second-order valence-electron chi connectivity index (χ2n) is 11.8. The molecular formula is C35H50F3N3O4. The molecule has 2 rings (SSSR count). The molecule has 2 amide bonds. The van der Waals surface area contributed by atoms with Crippen LogP contribution in [0.4, 0.5) is 13.2 Å². The van der Waals surface area contributed by atoms with E-state index in [-0.39, 0.29) is 30.4 Å². The highest BCUT2D eigenvalue weighted by Gasteiger charge is 2.39. The number of alkyl halides is 3. The van der Waals surface area contributed by atoms with Crippen LogP contribution < -0.4 is 5.32 Å². The van der Waals surface area contributed by atoms with Gasteiger partial charge in [0.15, 0.2) is 0 Å². The molecule has 250 valence electrons. The van der Waals surface area contributed by atoms with E-state index >= 15 is 0 Å². The Bertz CT molecular complexity index is 1180. The Morgan fingerprint density at radius 3 is 2.47 bits per heavy atom. The van der Waals surface area contributed by atoms with Crippen molar-refractivity contribution < 1.29 is 32.7 Å². The van der Waals surface area contributed by atoms with Gasteiger partial charge in [0.25, 0.3) is 5.91 Å². The van der Waals surface area contributed by atoms with Crippen molar-refractivity contribution in [3.63, 3.8) is 0 Å². The summed E-state index contributed by atoms with van der Waals surface area (Å²) in [7, 11) is 0. The number of rotatable bonds is 17. The van der Waals surface area contributed by atoms with Crippen LogP contribution in [0.1, 0.15) is 104 Å². The van der Waals surface area contributed by atoms with Crippen LogP contribution in [0.2, 0.25) is 0 Å². The highest BCUT2D eigenvalue weighted by atomic mass is 19.4. The van der Waals surface area contributed by atoms with Crippen LogP contribution in [0.5, 0.6) is 0 Å². The summed E-state index contributed by atoms with van der Waals surface area (Å²) in [5.74, 6) is -1.16. The van der Waals surface area contributed by atoms with Crippen molar-refractivity contribution in [1.29, 1.82) is 0 Å². The van der Waals surface area contributed by atoms with Gasteiger partial charge < -0.3 is 15.3 Å². The van der Waals surface area contributed by atoms with E-state index in [1.54, 1.807) is 29.2 Å². The molecule has 0 aromatic heterocycles. The Morgan fingerprint density at radius 2 is 1.87 bits per heavy atom. The first-order valence-electron chi connectivity index (χ1n) is 16.2. The van der Waals surface area contributed by atoms with E-state index in [9.17, 15) is 27.6 Å². The minimum Gasteiger partial charge on any atom is -0.481 e. The molecule has 2 aliphatic rings. The summed E-state index contributed by atoms with van der Waals surface area (Å²) < 4.78 is 39.0. The van der Waals surface area contributed by atoms with Gasteiger partial charge in [0.05, 0.1) is 12.8 Å². The van der Waals surface area contributed by atoms with Gasteiger partial charge in [-0.2, -0.15) is 13.2 Å². The number of carbonyl (C=O) groups is 3. The molecule has 1 fully saturated rings. The molecule has 0 bridgehead atoms. The summed E-state index contributed by atoms with van der Waals surface area (Å²) >= 11 is 0. The van der Waals surface area contributed by atoms with Gasteiger partial charge in [-0.15, -0.1) is 0 Å². The van der Waals surface area contributed by atoms with Crippen molar-refractivity contribution >= 4 is 24.0 Å². The molecule has 2 N–H and O–H groups in total. The first-order chi connectivity index (χ1) is 21.4. The number of hydrogen-bond acceptors (Lipinski definition) is 4. The third-order valence-corrected chi connectivity index (χ3v) is 8.38. The summed E-state index contributed by atoms with van der Waals surface area (Å²) in [6, 6.07) is 0. The second kappa shape index (κ2) is 19.2. The number of unbranched alkanes of at least 4 members (excludes halogenated alkanes) is 1. The topological polar surface area (TPSA) is 99.1 Å². The van der Waals surface area contributed by atoms with Gasteiger partial charge in [0.2, 0.25) is 6.41 Å². The zero-order valence-corrected chi connectivity index (χ0v) is 27.0. The Balaban J connectivity index is 2.24. The normalized spacial score (nSPS) is 18.4. The van der Waals surface area contributed by atoms with E-state index in [1.165, 1.54) is 6.08 Å². The van der Waals surface area contributed by atoms with E-state index in [2.05, 4.69) is 5.32 Å². The molecule has 2 aliphatic carbocycles. The summed E-state index contributed by atoms with van der Waals surface area (Å²) in [5.41, 5.74) is 1.54. The number of aliphatic carboxylic acids is 1. The molecule has 45 heavy (non-hydrogen) atoms. The maximum absolute atomic E-state index is 13.0. The van der Waals surface area contributed by atoms with Crippen LogP contribution in [-0.2, 0) is 14.4 Å². The van der Waals surface area contributed by atoms with Crippen LogP contribution in [0.3, 0.4) is 0 Å². The van der Waals surface area contributed by atoms with Crippen LogP contribution in [0.25, 0.3) is 0 Å². The number of hydrogen-bond donors (Lipinski definition) is 2. The fourth-order valence-electron chi connectivity index (χ4n) is 5.93. The number of halogens is 3. The minimum atomic E-state index is -4.28. The Labute approximate surface area is 266 Å². The predicted molar refractivity (Wildman–Crippen MR) is 173 cm³/mol. The Hall–Kier alpha value is -3.43. The van der Waals surface area contributed by atoms with Crippen LogP contribution >= 0.6 is 0 Å². The van der Waals surface area contributed by atoms with Crippen LogP contribution in [0, 0.1) is 5.92 Å². The molecule has 10 heteroatoms. The Morgan fingerprint density at radius 1 is 1.16 bits per heavy atom. The number of carboxylic acids is 1. The number of carboxylic acid groups (broad SMARTS) is 1. The lowest BCUT2D eigenvalue weighted by atomic mass is 9.85. The lowest BCUT2D eigenvalue weighted by molar-refractivity contribution is -0.137. The first kappa shape index (κ1) is 37.8. The van der Waals surface area contributed by atoms with Crippen LogP contribution in [0.15, 0.2) is 64.2 Å². The largest absolute Gasteiger partial charge is 0.481 e. The lowest BCUT2D eigenvalue weighted by Crippen LogP contribution is -2.51. The lowest BCUT2D eigenvalue weighted by Gasteiger charge is -2.42. The first-order valence-corrected chi connectivity index (χ1v) is 16.2. The van der Waals surface area contributed by atoms with Crippen molar-refractivity contribution in [3.05, 3.63) is 59.3 Å². The highest BCUT2D eigenvalue weighted by Crippen LogP contribution is 2.38. The number of nitrogens with zero attached hydrogens (tertiary/aromatic N) is 2. The van der Waals surface area contributed by atoms with Gasteiger partial charge in [-0.3, -0.25) is 19.4 Å². The number of aliphatic imine (C=N–C) groups is 1. The van der Waals surface area contributed by atoms with E-state index in [1.807, 2.05) is 32.9 Å². The number of nitrogens with one attached hydrogen (secondary N) is 1. The number of allylic oxidation sites excluding steroid dienone is 8. The van der Waals surface area contributed by atoms with E-state index < -0.39 is 24.2 Å². The zero-order chi connectivity index (χ0) is 33.3. The molecule has 0 aromatic rings. The third-order valence-electron chi connectivity index (χ3n) is 8.38. The fraction of sp³-hybridized carbons (Fsp3) is 0.600. The number of amides is 2. The van der Waals surface area contributed by atoms with Crippen molar-refractivity contribution in [1.82, 2.24) is 10.2 Å². The van der Waals surface area contributed by atoms with Gasteiger partial charge in [-0.25, -0.2) is 0 Å².